The van der Waals surface area contributed by atoms with Crippen molar-refractivity contribution in [1.29, 1.82) is 0 Å². The number of ether oxygens (including phenoxy) is 1. The molecular formula is C47H41N3O2S. The van der Waals surface area contributed by atoms with Crippen molar-refractivity contribution < 1.29 is 9.15 Å². The van der Waals surface area contributed by atoms with Crippen molar-refractivity contribution in [2.24, 2.45) is 0 Å². The first-order valence-corrected chi connectivity index (χ1v) is 19.9. The van der Waals surface area contributed by atoms with Gasteiger partial charge in [-0.1, -0.05) is 121 Å². The molecule has 2 bridgehead atoms. The van der Waals surface area contributed by atoms with E-state index in [1.807, 2.05) is 11.8 Å². The van der Waals surface area contributed by atoms with Crippen LogP contribution in [0.4, 0.5) is 0 Å². The number of fused-ring (bicyclic) bond motifs is 10. The van der Waals surface area contributed by atoms with Crippen LogP contribution >= 0.6 is 11.8 Å². The van der Waals surface area contributed by atoms with Crippen LogP contribution in [0.1, 0.15) is 78.2 Å². The molecule has 4 heterocycles. The zero-order chi connectivity index (χ0) is 35.1. The second kappa shape index (κ2) is 12.4. The third kappa shape index (κ3) is 5.26. The van der Waals surface area contributed by atoms with E-state index in [2.05, 4.69) is 162 Å². The van der Waals surface area contributed by atoms with Gasteiger partial charge in [0.1, 0.15) is 22.5 Å². The molecule has 11 rings (SSSR count). The van der Waals surface area contributed by atoms with E-state index in [-0.39, 0.29) is 24.1 Å². The monoisotopic (exact) mass is 711 g/mol. The predicted molar refractivity (Wildman–Crippen MR) is 215 cm³/mol. The minimum Gasteiger partial charge on any atom is -0.487 e. The lowest BCUT2D eigenvalue weighted by Gasteiger charge is -2.40. The number of furan rings is 1. The van der Waals surface area contributed by atoms with Crippen molar-refractivity contribution in [2.75, 3.05) is 0 Å². The molecule has 262 valence electrons. The Labute approximate surface area is 314 Å². The fourth-order valence-corrected chi connectivity index (χ4v) is 10.8. The molecule has 3 aliphatic heterocycles. The Kier molecular flexibility index (Phi) is 7.38. The van der Waals surface area contributed by atoms with Gasteiger partial charge in [0.15, 0.2) is 0 Å². The second-order valence-corrected chi connectivity index (χ2v) is 16.7. The highest BCUT2D eigenvalue weighted by molar-refractivity contribution is 8.00. The lowest BCUT2D eigenvalue weighted by molar-refractivity contribution is 0.106. The van der Waals surface area contributed by atoms with Gasteiger partial charge >= 0.3 is 0 Å². The lowest BCUT2D eigenvalue weighted by atomic mass is 9.89. The summed E-state index contributed by atoms with van der Waals surface area (Å²) in [6.45, 7) is 2.30. The number of para-hydroxylation sites is 3. The van der Waals surface area contributed by atoms with E-state index in [4.69, 9.17) is 9.15 Å². The van der Waals surface area contributed by atoms with Crippen LogP contribution in [0.25, 0.3) is 27.5 Å². The molecule has 7 unspecified atom stereocenters. The number of nitrogens with one attached hydrogen (secondary N) is 3. The topological polar surface area (TPSA) is 58.5 Å². The number of hydrogen-bond donors (Lipinski definition) is 3. The average molecular weight is 712 g/mol. The highest BCUT2D eigenvalue weighted by atomic mass is 32.2. The quantitative estimate of drug-likeness (QED) is 0.169. The maximum Gasteiger partial charge on any atom is 0.141 e. The van der Waals surface area contributed by atoms with Crippen LogP contribution in [0.15, 0.2) is 154 Å². The summed E-state index contributed by atoms with van der Waals surface area (Å²) >= 11 is 1.96. The fourth-order valence-electron chi connectivity index (χ4n) is 9.69. The average Bonchev–Trinajstić information content (AvgIpc) is 3.80. The van der Waals surface area contributed by atoms with Crippen molar-refractivity contribution >= 4 is 39.3 Å². The van der Waals surface area contributed by atoms with Crippen LogP contribution in [-0.2, 0) is 0 Å². The summed E-state index contributed by atoms with van der Waals surface area (Å²) in [7, 11) is 0. The number of thioether (sulfide) groups is 1. The Bertz CT molecular complexity index is 2500. The van der Waals surface area contributed by atoms with E-state index in [1.54, 1.807) is 0 Å². The Morgan fingerprint density at radius 3 is 2.30 bits per heavy atom. The molecule has 1 saturated heterocycles. The molecule has 6 heteroatoms. The van der Waals surface area contributed by atoms with Gasteiger partial charge in [0, 0.05) is 38.0 Å². The van der Waals surface area contributed by atoms with Gasteiger partial charge in [-0.2, -0.15) is 0 Å². The number of benzene rings is 5. The van der Waals surface area contributed by atoms with Gasteiger partial charge in [-0.3, -0.25) is 16.0 Å². The number of allylic oxidation sites excluding steroid dienone is 3. The Balaban J connectivity index is 0.985. The van der Waals surface area contributed by atoms with Crippen LogP contribution in [0, 0.1) is 0 Å². The largest absolute Gasteiger partial charge is 0.487 e. The molecule has 6 aromatic rings. The van der Waals surface area contributed by atoms with Crippen LogP contribution < -0.4 is 20.7 Å². The summed E-state index contributed by atoms with van der Waals surface area (Å²) in [4.78, 5) is 1.35. The van der Waals surface area contributed by atoms with Gasteiger partial charge in [-0.25, -0.2) is 0 Å². The number of rotatable bonds is 4. The van der Waals surface area contributed by atoms with E-state index in [0.29, 0.717) is 17.1 Å². The highest BCUT2D eigenvalue weighted by Gasteiger charge is 2.52. The van der Waals surface area contributed by atoms with Gasteiger partial charge in [-0.15, -0.1) is 11.8 Å². The van der Waals surface area contributed by atoms with Gasteiger partial charge in [-0.05, 0) is 78.1 Å². The maximum atomic E-state index is 7.08. The molecular weight excluding hydrogens is 671 g/mol. The molecule has 5 aliphatic rings. The standard InChI is InChI=1S/C47H41N3O2S/c1-47-27-31(26-39(47)37-14-5-7-19-40(37)52-47)34-15-9-16-35-36-17-10-18-38(43(36)51-42(34)35)46-49-44(28-11-3-2-4-12-28)48-45(50-46)30-22-24-32-23-21-29(25-30)33-13-6-8-20-41(33)53-32/h2-22,24-25,31-32,39,44-46,48-50H,23,26-27H2,1H3/b24-22-,30-25-. The van der Waals surface area contributed by atoms with Crippen molar-refractivity contribution in [3.8, 4) is 5.75 Å². The molecule has 5 aromatic carbocycles. The summed E-state index contributed by atoms with van der Waals surface area (Å²) < 4.78 is 13.7. The van der Waals surface area contributed by atoms with Gasteiger partial charge < -0.3 is 9.15 Å². The van der Waals surface area contributed by atoms with Crippen LogP contribution in [0.3, 0.4) is 0 Å². The van der Waals surface area contributed by atoms with E-state index < -0.39 is 0 Å². The summed E-state index contributed by atoms with van der Waals surface area (Å²) in [5, 5.41) is 14.5. The minimum atomic E-state index is -0.201. The molecule has 7 atom stereocenters. The maximum absolute atomic E-state index is 7.08. The summed E-state index contributed by atoms with van der Waals surface area (Å²) in [6.07, 6.45) is 12.2. The Morgan fingerprint density at radius 2 is 1.42 bits per heavy atom. The molecule has 0 radical (unpaired) electrons. The predicted octanol–water partition coefficient (Wildman–Crippen LogP) is 10.6. The van der Waals surface area contributed by atoms with Crippen LogP contribution in [0.5, 0.6) is 5.75 Å². The van der Waals surface area contributed by atoms with E-state index in [1.165, 1.54) is 43.7 Å². The van der Waals surface area contributed by atoms with Crippen molar-refractivity contribution in [2.45, 2.75) is 72.3 Å². The zero-order valence-corrected chi connectivity index (χ0v) is 30.4. The van der Waals surface area contributed by atoms with E-state index in [9.17, 15) is 0 Å². The van der Waals surface area contributed by atoms with Crippen molar-refractivity contribution in [3.05, 3.63) is 173 Å². The third-order valence-corrected chi connectivity index (χ3v) is 13.5. The fraction of sp³-hybridized carbons (Fsp3) is 0.234. The normalized spacial score (nSPS) is 30.3. The first-order valence-electron chi connectivity index (χ1n) is 19.0. The minimum absolute atomic E-state index is 0.0843. The first kappa shape index (κ1) is 31.7. The molecule has 5 nitrogen and oxygen atoms in total. The van der Waals surface area contributed by atoms with Gasteiger partial charge in [0.05, 0.1) is 18.5 Å². The smallest absolute Gasteiger partial charge is 0.141 e. The molecule has 1 aromatic heterocycles. The Morgan fingerprint density at radius 1 is 0.698 bits per heavy atom. The molecule has 0 amide bonds. The highest BCUT2D eigenvalue weighted by Crippen LogP contribution is 2.58. The lowest BCUT2D eigenvalue weighted by Crippen LogP contribution is -2.59. The third-order valence-electron chi connectivity index (χ3n) is 12.2. The number of hydrogen-bond acceptors (Lipinski definition) is 6. The molecule has 3 N–H and O–H groups in total. The van der Waals surface area contributed by atoms with E-state index >= 15 is 0 Å². The Hall–Kier alpha value is -4.85. The zero-order valence-electron chi connectivity index (χ0n) is 29.6. The van der Waals surface area contributed by atoms with Crippen LogP contribution in [-0.4, -0.2) is 17.0 Å². The molecule has 53 heavy (non-hydrogen) atoms. The van der Waals surface area contributed by atoms with E-state index in [0.717, 1.165) is 47.1 Å². The van der Waals surface area contributed by atoms with Crippen molar-refractivity contribution in [3.63, 3.8) is 0 Å². The molecule has 1 saturated carbocycles. The second-order valence-electron chi connectivity index (χ2n) is 15.5. The molecule has 2 fully saturated rings. The summed E-state index contributed by atoms with van der Waals surface area (Å²) in [5.74, 6) is 1.78. The molecule has 0 spiro atoms. The van der Waals surface area contributed by atoms with Gasteiger partial charge in [0.2, 0.25) is 0 Å². The van der Waals surface area contributed by atoms with Gasteiger partial charge in [0.25, 0.3) is 0 Å². The van der Waals surface area contributed by atoms with Crippen molar-refractivity contribution in [1.82, 2.24) is 16.0 Å². The molecule has 2 aliphatic carbocycles. The van der Waals surface area contributed by atoms with Crippen LogP contribution in [0.2, 0.25) is 0 Å². The summed E-state index contributed by atoms with van der Waals surface area (Å²) in [6, 6.07) is 41.4. The first-order chi connectivity index (χ1) is 26.1. The summed E-state index contributed by atoms with van der Waals surface area (Å²) in [5.41, 5.74) is 10.5. The SMILES string of the molecule is CC12CC(c3cccc4c3oc3c(C5NC(C6=C\C7=CCC(/C=C\6)Sc6ccccc67)NC(c6ccccc6)N5)cccc34)CC1c1ccccc1O2.